The van der Waals surface area contributed by atoms with Crippen LogP contribution in [-0.2, 0) is 11.2 Å². The van der Waals surface area contributed by atoms with Gasteiger partial charge in [-0.25, -0.2) is 0 Å². The summed E-state index contributed by atoms with van der Waals surface area (Å²) >= 11 is 5.80. The van der Waals surface area contributed by atoms with Crippen LogP contribution >= 0.6 is 11.6 Å². The van der Waals surface area contributed by atoms with Crippen molar-refractivity contribution < 1.29 is 20.1 Å². The zero-order valence-corrected chi connectivity index (χ0v) is 10.7. The first kappa shape index (κ1) is 14.9. The Morgan fingerprint density at radius 3 is 2.67 bits per heavy atom. The molecule has 0 aliphatic carbocycles. The van der Waals surface area contributed by atoms with Gasteiger partial charge in [0.15, 0.2) is 0 Å². The fraction of sp³-hybridized carbons (Fsp3) is 0.417. The summed E-state index contributed by atoms with van der Waals surface area (Å²) < 4.78 is 0. The number of likely N-dealkylation sites (N-methyl/N-ethyl adjacent to an activating group) is 1. The van der Waals surface area contributed by atoms with Crippen LogP contribution in [0.15, 0.2) is 18.2 Å². The van der Waals surface area contributed by atoms with Crippen molar-refractivity contribution in [2.45, 2.75) is 18.6 Å². The van der Waals surface area contributed by atoms with Crippen LogP contribution < -0.4 is 5.32 Å². The minimum Gasteiger partial charge on any atom is -0.481 e. The van der Waals surface area contributed by atoms with Crippen molar-refractivity contribution in [3.05, 3.63) is 34.3 Å². The van der Waals surface area contributed by atoms with Crippen LogP contribution in [0.25, 0.3) is 0 Å². The molecule has 0 radical (unpaired) electrons. The Labute approximate surface area is 110 Å². The molecule has 0 spiro atoms. The second kappa shape index (κ2) is 6.70. The third kappa shape index (κ3) is 3.96. The van der Waals surface area contributed by atoms with Gasteiger partial charge in [-0.15, -0.1) is 0 Å². The number of hydrogen-bond donors (Lipinski definition) is 4. The number of carboxylic acids is 1. The number of aliphatic carboxylic acids is 1. The smallest absolute Gasteiger partial charge is 0.307 e. The van der Waals surface area contributed by atoms with Gasteiger partial charge in [0, 0.05) is 11.6 Å². The quantitative estimate of drug-likeness (QED) is 0.609. The summed E-state index contributed by atoms with van der Waals surface area (Å²) in [5, 5.41) is 31.6. The molecule has 0 saturated carbocycles. The maximum absolute atomic E-state index is 10.8. The highest BCUT2D eigenvalue weighted by molar-refractivity contribution is 6.30. The van der Waals surface area contributed by atoms with Crippen LogP contribution in [0.4, 0.5) is 0 Å². The van der Waals surface area contributed by atoms with E-state index < -0.39 is 18.2 Å². The summed E-state index contributed by atoms with van der Waals surface area (Å²) in [7, 11) is 1.65. The Hall–Kier alpha value is -1.14. The van der Waals surface area contributed by atoms with Crippen LogP contribution in [0.5, 0.6) is 0 Å². The lowest BCUT2D eigenvalue weighted by Crippen LogP contribution is -2.30. The first-order chi connectivity index (χ1) is 8.45. The minimum absolute atomic E-state index is 0.205. The zero-order valence-electron chi connectivity index (χ0n) is 9.93. The molecule has 0 amide bonds. The molecule has 6 heteroatoms. The first-order valence-corrected chi connectivity index (χ1v) is 5.84. The van der Waals surface area contributed by atoms with E-state index in [0.29, 0.717) is 16.1 Å². The molecule has 0 saturated heterocycles. The molecule has 2 atom stereocenters. The minimum atomic E-state index is -1.15. The fourth-order valence-corrected chi connectivity index (χ4v) is 1.90. The van der Waals surface area contributed by atoms with Crippen molar-refractivity contribution in [3.63, 3.8) is 0 Å². The van der Waals surface area contributed by atoms with Gasteiger partial charge in [-0.1, -0.05) is 17.7 Å². The highest BCUT2D eigenvalue weighted by Crippen LogP contribution is 2.24. The Morgan fingerprint density at radius 1 is 1.44 bits per heavy atom. The maximum Gasteiger partial charge on any atom is 0.307 e. The Balaban J connectivity index is 3.02. The third-order valence-electron chi connectivity index (χ3n) is 2.54. The lowest BCUT2D eigenvalue weighted by Gasteiger charge is -2.20. The average molecular weight is 274 g/mol. The number of halogens is 1. The average Bonchev–Trinajstić information content (AvgIpc) is 2.28. The monoisotopic (exact) mass is 273 g/mol. The molecule has 5 nitrogen and oxygen atoms in total. The highest BCUT2D eigenvalue weighted by Gasteiger charge is 2.21. The molecule has 0 heterocycles. The van der Waals surface area contributed by atoms with Crippen molar-refractivity contribution in [1.29, 1.82) is 0 Å². The van der Waals surface area contributed by atoms with Crippen molar-refractivity contribution in [1.82, 2.24) is 5.32 Å². The summed E-state index contributed by atoms with van der Waals surface area (Å²) in [5.74, 6) is -1.02. The predicted molar refractivity (Wildman–Crippen MR) is 67.7 cm³/mol. The molecule has 0 bridgehead atoms. The van der Waals surface area contributed by atoms with Gasteiger partial charge in [0.25, 0.3) is 0 Å². The Bertz CT molecular complexity index is 425. The van der Waals surface area contributed by atoms with Crippen LogP contribution in [0.1, 0.15) is 17.2 Å². The highest BCUT2D eigenvalue weighted by atomic mass is 35.5. The van der Waals surface area contributed by atoms with E-state index in [1.807, 2.05) is 0 Å². The molecule has 2 unspecified atom stereocenters. The molecular formula is C12H16ClNO4. The second-order valence-corrected chi connectivity index (χ2v) is 4.42. The number of carboxylic acid groups (broad SMARTS) is 1. The predicted octanol–water partition coefficient (Wildman–Crippen LogP) is 0.581. The van der Waals surface area contributed by atoms with E-state index in [2.05, 4.69) is 5.32 Å². The van der Waals surface area contributed by atoms with Gasteiger partial charge in [-0.3, -0.25) is 4.79 Å². The van der Waals surface area contributed by atoms with Gasteiger partial charge in [0.05, 0.1) is 12.5 Å². The summed E-state index contributed by atoms with van der Waals surface area (Å²) in [5.41, 5.74) is 0.780. The number of nitrogens with one attached hydrogen (secondary N) is 1. The van der Waals surface area contributed by atoms with Crippen molar-refractivity contribution in [3.8, 4) is 0 Å². The first-order valence-electron chi connectivity index (χ1n) is 5.46. The molecule has 0 aliphatic rings. The van der Waals surface area contributed by atoms with Gasteiger partial charge in [-0.2, -0.15) is 0 Å². The van der Waals surface area contributed by atoms with E-state index in [-0.39, 0.29) is 13.0 Å². The molecular weight excluding hydrogens is 258 g/mol. The third-order valence-corrected chi connectivity index (χ3v) is 2.78. The molecule has 1 aromatic carbocycles. The van der Waals surface area contributed by atoms with Crippen LogP contribution in [0.2, 0.25) is 5.02 Å². The molecule has 1 rings (SSSR count). The molecule has 0 aromatic heterocycles. The lowest BCUT2D eigenvalue weighted by atomic mass is 9.96. The second-order valence-electron chi connectivity index (χ2n) is 3.98. The van der Waals surface area contributed by atoms with Gasteiger partial charge in [0.2, 0.25) is 0 Å². The van der Waals surface area contributed by atoms with Crippen LogP contribution in [0, 0.1) is 0 Å². The van der Waals surface area contributed by atoms with E-state index in [0.717, 1.165) is 0 Å². The summed E-state index contributed by atoms with van der Waals surface area (Å²) in [6.45, 7) is 0.205. The van der Waals surface area contributed by atoms with Crippen molar-refractivity contribution in [2.24, 2.45) is 0 Å². The maximum atomic E-state index is 10.8. The number of benzene rings is 1. The van der Waals surface area contributed by atoms with Crippen molar-refractivity contribution >= 4 is 17.6 Å². The van der Waals surface area contributed by atoms with E-state index >= 15 is 0 Å². The zero-order chi connectivity index (χ0) is 13.7. The summed E-state index contributed by atoms with van der Waals surface area (Å²) in [6.07, 6.45) is -2.41. The lowest BCUT2D eigenvalue weighted by molar-refractivity contribution is -0.136. The number of aliphatic hydroxyl groups excluding tert-OH is 2. The number of carbonyl (C=O) groups is 1. The van der Waals surface area contributed by atoms with Crippen LogP contribution in [0.3, 0.4) is 0 Å². The van der Waals surface area contributed by atoms with E-state index in [9.17, 15) is 15.0 Å². The molecule has 100 valence electrons. The molecule has 4 N–H and O–H groups in total. The largest absolute Gasteiger partial charge is 0.481 e. The van der Waals surface area contributed by atoms with Gasteiger partial charge < -0.3 is 20.6 Å². The Kier molecular flexibility index (Phi) is 5.55. The van der Waals surface area contributed by atoms with Gasteiger partial charge in [0.1, 0.15) is 6.10 Å². The van der Waals surface area contributed by atoms with Crippen molar-refractivity contribution in [2.75, 3.05) is 13.6 Å². The summed E-state index contributed by atoms with van der Waals surface area (Å²) in [4.78, 5) is 10.8. The summed E-state index contributed by atoms with van der Waals surface area (Å²) in [6, 6.07) is 4.57. The number of rotatable bonds is 6. The fourth-order valence-electron chi connectivity index (χ4n) is 1.71. The van der Waals surface area contributed by atoms with E-state index in [1.165, 1.54) is 12.1 Å². The normalized spacial score (nSPS) is 14.2. The molecule has 0 fully saturated rings. The van der Waals surface area contributed by atoms with E-state index in [4.69, 9.17) is 16.7 Å². The van der Waals surface area contributed by atoms with Crippen LogP contribution in [-0.4, -0.2) is 41.0 Å². The molecule has 1 aromatic rings. The van der Waals surface area contributed by atoms with Gasteiger partial charge >= 0.3 is 5.97 Å². The SMILES string of the molecule is CNCC(O)C(O)c1ccc(Cl)cc1CC(=O)O. The standard InChI is InChI=1S/C12H16ClNO4/c1-14-6-10(15)12(18)9-3-2-8(13)4-7(9)5-11(16)17/h2-4,10,12,14-15,18H,5-6H2,1H3,(H,16,17). The molecule has 18 heavy (non-hydrogen) atoms. The topological polar surface area (TPSA) is 89.8 Å². The number of aliphatic hydroxyl groups is 2. The van der Waals surface area contributed by atoms with Gasteiger partial charge in [-0.05, 0) is 30.3 Å². The molecule has 0 aliphatic heterocycles. The number of hydrogen-bond acceptors (Lipinski definition) is 4. The van der Waals surface area contributed by atoms with E-state index in [1.54, 1.807) is 13.1 Å². The Morgan fingerprint density at radius 2 is 2.11 bits per heavy atom.